The lowest BCUT2D eigenvalue weighted by molar-refractivity contribution is -0.131. The van der Waals surface area contributed by atoms with Crippen LogP contribution >= 0.6 is 23.4 Å². The molecule has 0 saturated carbocycles. The van der Waals surface area contributed by atoms with Crippen molar-refractivity contribution in [2.24, 2.45) is 0 Å². The molecule has 3 rings (SSSR count). The summed E-state index contributed by atoms with van der Waals surface area (Å²) in [4.78, 5) is 11.6. The van der Waals surface area contributed by atoms with Crippen molar-refractivity contribution in [3.8, 4) is 23.0 Å². The van der Waals surface area contributed by atoms with Crippen LogP contribution in [0, 0.1) is 0 Å². The second-order valence-electron chi connectivity index (χ2n) is 5.46. The molecule has 2 N–H and O–H groups in total. The van der Waals surface area contributed by atoms with Gasteiger partial charge in [0.1, 0.15) is 4.91 Å². The first-order valence-electron chi connectivity index (χ1n) is 8.14. The number of carbonyl (C=O) groups is 1. The lowest BCUT2D eigenvalue weighted by atomic mass is 10.2. The number of thioether (sulfide) groups is 1. The molecule has 3 aromatic rings. The van der Waals surface area contributed by atoms with Crippen LogP contribution in [0.2, 0.25) is 5.02 Å². The van der Waals surface area contributed by atoms with E-state index in [2.05, 4.69) is 10.2 Å². The molecule has 28 heavy (non-hydrogen) atoms. The minimum absolute atomic E-state index is 0.0203. The Kier molecular flexibility index (Phi) is 6.23. The Bertz CT molecular complexity index is 1020. The highest BCUT2D eigenvalue weighted by Gasteiger charge is 2.16. The summed E-state index contributed by atoms with van der Waals surface area (Å²) in [6.07, 6.45) is 1.43. The molecular formula is C19H15ClN2O5S. The zero-order valence-corrected chi connectivity index (χ0v) is 16.2. The van der Waals surface area contributed by atoms with Gasteiger partial charge in [-0.2, -0.15) is 0 Å². The summed E-state index contributed by atoms with van der Waals surface area (Å²) >= 11 is 6.68. The van der Waals surface area contributed by atoms with E-state index >= 15 is 0 Å². The Balaban J connectivity index is 1.84. The number of nitrogens with zero attached hydrogens (tertiary/aromatic N) is 2. The van der Waals surface area contributed by atoms with E-state index in [1.807, 2.05) is 0 Å². The van der Waals surface area contributed by atoms with Gasteiger partial charge >= 0.3 is 5.97 Å². The van der Waals surface area contributed by atoms with E-state index in [4.69, 9.17) is 20.8 Å². The smallest absolute Gasteiger partial charge is 0.342 e. The number of hydrogen-bond acceptors (Lipinski definition) is 7. The molecule has 0 atom stereocenters. The van der Waals surface area contributed by atoms with Gasteiger partial charge in [-0.15, -0.1) is 10.2 Å². The predicted octanol–water partition coefficient (Wildman–Crippen LogP) is 4.71. The number of ether oxygens (including phenoxy) is 1. The molecule has 0 fully saturated rings. The molecule has 0 radical (unpaired) electrons. The van der Waals surface area contributed by atoms with Crippen molar-refractivity contribution in [2.75, 3.05) is 6.61 Å². The van der Waals surface area contributed by atoms with Crippen molar-refractivity contribution < 1.29 is 24.2 Å². The number of hydrogen-bond donors (Lipinski definition) is 2. The fraction of sp³-hybridized carbons (Fsp3) is 0.105. The standard InChI is InChI=1S/C19H15ClN2O5S/c1-2-26-15-9-11(3-8-14(15)23)10-16(18(24)25)28-19-22-21-17(27-19)12-4-6-13(20)7-5-12/h3-10,23H,2H2,1H3,(H,24,25)/b16-10-. The van der Waals surface area contributed by atoms with Crippen LogP contribution in [0.5, 0.6) is 11.5 Å². The number of rotatable bonds is 7. The maximum atomic E-state index is 11.6. The van der Waals surface area contributed by atoms with E-state index in [9.17, 15) is 15.0 Å². The lowest BCUT2D eigenvalue weighted by Crippen LogP contribution is -1.97. The van der Waals surface area contributed by atoms with Gasteiger partial charge in [0, 0.05) is 10.6 Å². The van der Waals surface area contributed by atoms with E-state index in [1.54, 1.807) is 43.3 Å². The van der Waals surface area contributed by atoms with Gasteiger partial charge in [-0.05, 0) is 66.7 Å². The highest BCUT2D eigenvalue weighted by molar-refractivity contribution is 8.03. The largest absolute Gasteiger partial charge is 0.504 e. The summed E-state index contributed by atoms with van der Waals surface area (Å²) in [5.74, 6) is -0.642. The number of phenols is 1. The minimum Gasteiger partial charge on any atom is -0.504 e. The summed E-state index contributed by atoms with van der Waals surface area (Å²) in [6, 6.07) is 11.4. The van der Waals surface area contributed by atoms with Gasteiger partial charge in [-0.1, -0.05) is 17.7 Å². The van der Waals surface area contributed by atoms with Crippen molar-refractivity contribution in [1.29, 1.82) is 0 Å². The topological polar surface area (TPSA) is 106 Å². The Labute approximate surface area is 169 Å². The van der Waals surface area contributed by atoms with Crippen LogP contribution in [0.3, 0.4) is 0 Å². The first-order valence-corrected chi connectivity index (χ1v) is 9.34. The number of aromatic hydroxyl groups is 1. The van der Waals surface area contributed by atoms with Gasteiger partial charge in [0.25, 0.3) is 5.22 Å². The van der Waals surface area contributed by atoms with Crippen LogP contribution in [0.15, 0.2) is 57.0 Å². The summed E-state index contributed by atoms with van der Waals surface area (Å²) in [5, 5.41) is 27.7. The first-order chi connectivity index (χ1) is 13.5. The highest BCUT2D eigenvalue weighted by Crippen LogP contribution is 2.32. The number of carboxylic acids is 1. The minimum atomic E-state index is -1.15. The molecule has 7 nitrogen and oxygen atoms in total. The van der Waals surface area contributed by atoms with Crippen LogP contribution in [0.25, 0.3) is 17.5 Å². The molecule has 0 saturated heterocycles. The van der Waals surface area contributed by atoms with Crippen LogP contribution in [-0.4, -0.2) is 33.0 Å². The quantitative estimate of drug-likeness (QED) is 0.419. The normalized spacial score (nSPS) is 11.4. The second-order valence-corrected chi connectivity index (χ2v) is 6.89. The van der Waals surface area contributed by atoms with Gasteiger partial charge < -0.3 is 19.4 Å². The molecule has 0 aliphatic rings. The van der Waals surface area contributed by atoms with Crippen LogP contribution in [0.4, 0.5) is 0 Å². The molecule has 0 spiro atoms. The van der Waals surface area contributed by atoms with Gasteiger partial charge in [0.15, 0.2) is 11.5 Å². The van der Waals surface area contributed by atoms with Crippen LogP contribution in [-0.2, 0) is 4.79 Å². The number of aliphatic carboxylic acids is 1. The molecule has 0 unspecified atom stereocenters. The first kappa shape index (κ1) is 19.8. The van der Waals surface area contributed by atoms with E-state index in [1.165, 1.54) is 12.1 Å². The molecular weight excluding hydrogens is 404 g/mol. The van der Waals surface area contributed by atoms with E-state index in [0.717, 1.165) is 11.8 Å². The number of carboxylic acid groups (broad SMARTS) is 1. The van der Waals surface area contributed by atoms with Crippen LogP contribution < -0.4 is 4.74 Å². The molecule has 9 heteroatoms. The van der Waals surface area contributed by atoms with Crippen molar-refractivity contribution >= 4 is 35.4 Å². The third-order valence-corrected chi connectivity index (χ3v) is 4.59. The maximum Gasteiger partial charge on any atom is 0.342 e. The molecule has 0 amide bonds. The monoisotopic (exact) mass is 418 g/mol. The number of benzene rings is 2. The zero-order valence-electron chi connectivity index (χ0n) is 14.6. The fourth-order valence-corrected chi connectivity index (χ4v) is 3.03. The summed E-state index contributed by atoms with van der Waals surface area (Å²) < 4.78 is 10.9. The van der Waals surface area contributed by atoms with Crippen LogP contribution in [0.1, 0.15) is 12.5 Å². The maximum absolute atomic E-state index is 11.6. The molecule has 2 aromatic carbocycles. The predicted molar refractivity (Wildman–Crippen MR) is 105 cm³/mol. The van der Waals surface area contributed by atoms with E-state index in [-0.39, 0.29) is 27.5 Å². The molecule has 1 aromatic heterocycles. The van der Waals surface area contributed by atoms with Gasteiger partial charge in [-0.3, -0.25) is 0 Å². The summed E-state index contributed by atoms with van der Waals surface area (Å²) in [6.45, 7) is 2.16. The Morgan fingerprint density at radius 1 is 1.25 bits per heavy atom. The van der Waals surface area contributed by atoms with Crippen molar-refractivity contribution in [3.05, 3.63) is 58.0 Å². The third kappa shape index (κ3) is 4.85. The average Bonchev–Trinajstić information content (AvgIpc) is 3.13. The van der Waals surface area contributed by atoms with Gasteiger partial charge in [-0.25, -0.2) is 4.79 Å². The summed E-state index contributed by atoms with van der Waals surface area (Å²) in [7, 11) is 0. The highest BCUT2D eigenvalue weighted by atomic mass is 35.5. The zero-order chi connectivity index (χ0) is 20.1. The average molecular weight is 419 g/mol. The van der Waals surface area contributed by atoms with Gasteiger partial charge in [0.05, 0.1) is 6.61 Å². The number of halogens is 1. The molecule has 0 bridgehead atoms. The lowest BCUT2D eigenvalue weighted by Gasteiger charge is -2.07. The Hall–Kier alpha value is -2.97. The molecule has 144 valence electrons. The molecule has 1 heterocycles. The second kappa shape index (κ2) is 8.81. The van der Waals surface area contributed by atoms with Crippen molar-refractivity contribution in [2.45, 2.75) is 12.1 Å². The molecule has 0 aliphatic carbocycles. The summed E-state index contributed by atoms with van der Waals surface area (Å²) in [5.41, 5.74) is 1.22. The SMILES string of the molecule is CCOc1cc(/C=C(\Sc2nnc(-c3ccc(Cl)cc3)o2)C(=O)O)ccc1O. The Morgan fingerprint density at radius 3 is 2.68 bits per heavy atom. The van der Waals surface area contributed by atoms with Crippen molar-refractivity contribution in [3.63, 3.8) is 0 Å². The van der Waals surface area contributed by atoms with Crippen molar-refractivity contribution in [1.82, 2.24) is 10.2 Å². The molecule has 0 aliphatic heterocycles. The van der Waals surface area contributed by atoms with Gasteiger partial charge in [0.2, 0.25) is 5.89 Å². The fourth-order valence-electron chi connectivity index (χ4n) is 2.23. The van der Waals surface area contributed by atoms with E-state index in [0.29, 0.717) is 22.8 Å². The van der Waals surface area contributed by atoms with E-state index < -0.39 is 5.97 Å². The number of aromatic nitrogens is 2. The Morgan fingerprint density at radius 2 is 2.00 bits per heavy atom. The number of phenolic OH excluding ortho intramolecular Hbond substituents is 1. The third-order valence-electron chi connectivity index (χ3n) is 3.49.